The van der Waals surface area contributed by atoms with Crippen LogP contribution in [0, 0.1) is 0 Å². The Bertz CT molecular complexity index is 1010. The summed E-state index contributed by atoms with van der Waals surface area (Å²) in [7, 11) is 0. The molecule has 136 valence electrons. The van der Waals surface area contributed by atoms with Gasteiger partial charge in [-0.05, 0) is 76.6 Å². The molecule has 0 radical (unpaired) electrons. The fourth-order valence-electron chi connectivity index (χ4n) is 3.54. The van der Waals surface area contributed by atoms with Gasteiger partial charge < -0.3 is 0 Å². The van der Waals surface area contributed by atoms with Gasteiger partial charge >= 0.3 is 6.18 Å². The standard InChI is InChI=1S/C23H16ClF3/c24-19-11-12-21-17(14-19)8-7-16-3-1-2-4-20(16)22(21)13-15-5-9-18(10-6-15)23(25,26)27/h1-6,9-14H,7-8H2. The quantitative estimate of drug-likeness (QED) is 0.422. The predicted molar refractivity (Wildman–Crippen MR) is 104 cm³/mol. The molecule has 27 heavy (non-hydrogen) atoms. The highest BCUT2D eigenvalue weighted by Crippen LogP contribution is 2.36. The van der Waals surface area contributed by atoms with Crippen LogP contribution in [0.5, 0.6) is 0 Å². The Kier molecular flexibility index (Phi) is 4.56. The Morgan fingerprint density at radius 1 is 0.778 bits per heavy atom. The van der Waals surface area contributed by atoms with Crippen LogP contribution in [0.15, 0.2) is 66.7 Å². The normalized spacial score (nSPS) is 15.2. The van der Waals surface area contributed by atoms with Crippen LogP contribution in [0.1, 0.15) is 33.4 Å². The summed E-state index contributed by atoms with van der Waals surface area (Å²) in [6.07, 6.45) is -0.605. The van der Waals surface area contributed by atoms with Crippen molar-refractivity contribution in [3.05, 3.63) is 105 Å². The second-order valence-electron chi connectivity index (χ2n) is 6.64. The molecule has 0 N–H and O–H groups in total. The molecule has 0 bridgehead atoms. The molecule has 0 saturated heterocycles. The smallest absolute Gasteiger partial charge is 0.166 e. The molecule has 0 nitrogen and oxygen atoms in total. The van der Waals surface area contributed by atoms with E-state index in [-0.39, 0.29) is 0 Å². The maximum atomic E-state index is 12.8. The van der Waals surface area contributed by atoms with Gasteiger partial charge in [0.05, 0.1) is 5.56 Å². The molecular formula is C23H16ClF3. The Morgan fingerprint density at radius 3 is 2.19 bits per heavy atom. The second-order valence-corrected chi connectivity index (χ2v) is 7.07. The van der Waals surface area contributed by atoms with E-state index in [0.29, 0.717) is 5.02 Å². The number of fused-ring (bicyclic) bond motifs is 2. The predicted octanol–water partition coefficient (Wildman–Crippen LogP) is 7.05. The monoisotopic (exact) mass is 384 g/mol. The van der Waals surface area contributed by atoms with Gasteiger partial charge in [-0.25, -0.2) is 0 Å². The van der Waals surface area contributed by atoms with Crippen molar-refractivity contribution in [2.24, 2.45) is 0 Å². The van der Waals surface area contributed by atoms with Gasteiger partial charge in [-0.2, -0.15) is 13.2 Å². The van der Waals surface area contributed by atoms with Crippen LogP contribution in [0.25, 0.3) is 11.6 Å². The van der Waals surface area contributed by atoms with E-state index in [0.717, 1.165) is 52.8 Å². The van der Waals surface area contributed by atoms with Gasteiger partial charge in [0, 0.05) is 5.02 Å². The molecule has 0 heterocycles. The molecule has 0 amide bonds. The van der Waals surface area contributed by atoms with E-state index in [1.807, 2.05) is 36.4 Å². The Labute approximate surface area is 160 Å². The van der Waals surface area contributed by atoms with Gasteiger partial charge in [0.15, 0.2) is 0 Å². The van der Waals surface area contributed by atoms with Gasteiger partial charge in [0.1, 0.15) is 0 Å². The minimum atomic E-state index is -4.33. The first-order valence-electron chi connectivity index (χ1n) is 8.68. The highest BCUT2D eigenvalue weighted by atomic mass is 35.5. The summed E-state index contributed by atoms with van der Waals surface area (Å²) < 4.78 is 38.5. The Balaban J connectivity index is 1.87. The highest BCUT2D eigenvalue weighted by molar-refractivity contribution is 6.30. The van der Waals surface area contributed by atoms with Crippen LogP contribution in [-0.4, -0.2) is 0 Å². The lowest BCUT2D eigenvalue weighted by molar-refractivity contribution is -0.137. The minimum absolute atomic E-state index is 0.641. The molecule has 0 atom stereocenters. The second kappa shape index (κ2) is 6.90. The lowest BCUT2D eigenvalue weighted by atomic mass is 9.92. The lowest BCUT2D eigenvalue weighted by Crippen LogP contribution is -2.04. The number of hydrogen-bond acceptors (Lipinski definition) is 0. The van der Waals surface area contributed by atoms with Crippen molar-refractivity contribution in [3.8, 4) is 0 Å². The zero-order valence-corrected chi connectivity index (χ0v) is 15.1. The Hall–Kier alpha value is -2.52. The van der Waals surface area contributed by atoms with Crippen LogP contribution in [-0.2, 0) is 19.0 Å². The molecule has 0 unspecified atom stereocenters. The van der Waals surface area contributed by atoms with E-state index in [4.69, 9.17) is 11.6 Å². The third kappa shape index (κ3) is 3.65. The highest BCUT2D eigenvalue weighted by Gasteiger charge is 2.29. The third-order valence-corrected chi connectivity index (χ3v) is 5.11. The summed E-state index contributed by atoms with van der Waals surface area (Å²) in [6.45, 7) is 0. The number of benzene rings is 3. The van der Waals surface area contributed by atoms with Crippen molar-refractivity contribution in [1.82, 2.24) is 0 Å². The summed E-state index contributed by atoms with van der Waals surface area (Å²) in [5.41, 5.74) is 5.66. The maximum Gasteiger partial charge on any atom is 0.416 e. The number of rotatable bonds is 1. The summed E-state index contributed by atoms with van der Waals surface area (Å²) >= 11 is 6.18. The average Bonchev–Trinajstić information content (AvgIpc) is 2.79. The first kappa shape index (κ1) is 17.9. The van der Waals surface area contributed by atoms with Crippen molar-refractivity contribution in [2.75, 3.05) is 0 Å². The van der Waals surface area contributed by atoms with E-state index in [2.05, 4.69) is 12.1 Å². The fraction of sp³-hybridized carbons (Fsp3) is 0.130. The first-order valence-corrected chi connectivity index (χ1v) is 9.06. The van der Waals surface area contributed by atoms with Crippen LogP contribution in [0.2, 0.25) is 5.02 Å². The van der Waals surface area contributed by atoms with Crippen molar-refractivity contribution < 1.29 is 13.2 Å². The maximum absolute atomic E-state index is 12.8. The van der Waals surface area contributed by atoms with Crippen LogP contribution in [0.3, 0.4) is 0 Å². The van der Waals surface area contributed by atoms with E-state index < -0.39 is 11.7 Å². The fourth-order valence-corrected chi connectivity index (χ4v) is 3.73. The van der Waals surface area contributed by atoms with Gasteiger partial charge in [-0.15, -0.1) is 0 Å². The number of alkyl halides is 3. The first-order chi connectivity index (χ1) is 12.9. The average molecular weight is 385 g/mol. The molecule has 1 aliphatic carbocycles. The molecule has 0 aromatic heterocycles. The lowest BCUT2D eigenvalue weighted by Gasteiger charge is -2.13. The number of hydrogen-bond donors (Lipinski definition) is 0. The van der Waals surface area contributed by atoms with E-state index in [1.165, 1.54) is 17.7 Å². The molecule has 4 rings (SSSR count). The van der Waals surface area contributed by atoms with Gasteiger partial charge in [-0.1, -0.05) is 54.1 Å². The summed E-state index contributed by atoms with van der Waals surface area (Å²) in [5, 5.41) is 0.689. The summed E-state index contributed by atoms with van der Waals surface area (Å²) in [4.78, 5) is 0. The zero-order chi connectivity index (χ0) is 19.0. The van der Waals surface area contributed by atoms with E-state index in [1.54, 1.807) is 0 Å². The van der Waals surface area contributed by atoms with Crippen LogP contribution in [0.4, 0.5) is 13.2 Å². The molecular weight excluding hydrogens is 369 g/mol. The van der Waals surface area contributed by atoms with E-state index in [9.17, 15) is 13.2 Å². The van der Waals surface area contributed by atoms with Crippen molar-refractivity contribution >= 4 is 23.3 Å². The molecule has 0 fully saturated rings. The SMILES string of the molecule is FC(F)(F)c1ccc(C=C2c3ccccc3CCc3cc(Cl)ccc32)cc1. The Morgan fingerprint density at radius 2 is 1.44 bits per heavy atom. The molecule has 1 aliphatic rings. The van der Waals surface area contributed by atoms with Crippen LogP contribution >= 0.6 is 11.6 Å². The van der Waals surface area contributed by atoms with Crippen molar-refractivity contribution in [2.45, 2.75) is 19.0 Å². The number of aryl methyl sites for hydroxylation is 2. The van der Waals surface area contributed by atoms with Gasteiger partial charge in [0.2, 0.25) is 0 Å². The molecule has 4 heteroatoms. The molecule has 0 aliphatic heterocycles. The van der Waals surface area contributed by atoms with E-state index >= 15 is 0 Å². The molecule has 3 aromatic carbocycles. The molecule has 0 spiro atoms. The zero-order valence-electron chi connectivity index (χ0n) is 14.4. The summed E-state index contributed by atoms with van der Waals surface area (Å²) in [5.74, 6) is 0. The van der Waals surface area contributed by atoms with Gasteiger partial charge in [-0.3, -0.25) is 0 Å². The molecule has 3 aromatic rings. The van der Waals surface area contributed by atoms with Crippen LogP contribution < -0.4 is 0 Å². The van der Waals surface area contributed by atoms with Crippen molar-refractivity contribution in [1.29, 1.82) is 0 Å². The molecule has 0 saturated carbocycles. The minimum Gasteiger partial charge on any atom is -0.166 e. The van der Waals surface area contributed by atoms with Gasteiger partial charge in [0.25, 0.3) is 0 Å². The topological polar surface area (TPSA) is 0 Å². The largest absolute Gasteiger partial charge is 0.416 e. The summed E-state index contributed by atoms with van der Waals surface area (Å²) in [6, 6.07) is 19.3. The van der Waals surface area contributed by atoms with Crippen molar-refractivity contribution in [3.63, 3.8) is 0 Å². The third-order valence-electron chi connectivity index (χ3n) is 4.88. The number of halogens is 4.